The Morgan fingerprint density at radius 1 is 1.16 bits per heavy atom. The summed E-state index contributed by atoms with van der Waals surface area (Å²) < 4.78 is 26.4. The molecule has 6 heteroatoms. The zero-order valence-electron chi connectivity index (χ0n) is 9.65. The summed E-state index contributed by atoms with van der Waals surface area (Å²) in [7, 11) is 0. The molecule has 2 rings (SSSR count). The van der Waals surface area contributed by atoms with Crippen molar-refractivity contribution in [3.8, 4) is 5.75 Å². The van der Waals surface area contributed by atoms with Crippen LogP contribution in [0.4, 0.5) is 20.2 Å². The number of halogens is 2. The van der Waals surface area contributed by atoms with Crippen LogP contribution in [0.5, 0.6) is 5.75 Å². The van der Waals surface area contributed by atoms with Crippen molar-refractivity contribution in [1.82, 2.24) is 0 Å². The van der Waals surface area contributed by atoms with E-state index < -0.39 is 17.5 Å². The summed E-state index contributed by atoms with van der Waals surface area (Å²) in [5, 5.41) is 11.7. The van der Waals surface area contributed by atoms with Gasteiger partial charge in [0.15, 0.2) is 0 Å². The fourth-order valence-electron chi connectivity index (χ4n) is 1.52. The lowest BCUT2D eigenvalue weighted by Gasteiger charge is -2.08. The lowest BCUT2D eigenvalue weighted by molar-refractivity contribution is 0.102. The quantitative estimate of drug-likeness (QED) is 0.729. The molecule has 0 aliphatic heterocycles. The van der Waals surface area contributed by atoms with E-state index in [0.717, 1.165) is 6.07 Å². The minimum absolute atomic E-state index is 0.0233. The average molecular weight is 264 g/mol. The highest BCUT2D eigenvalue weighted by atomic mass is 19.1. The number of hydrogen-bond donors (Lipinski definition) is 3. The summed E-state index contributed by atoms with van der Waals surface area (Å²) in [6, 6.07) is 7.34. The maximum atomic E-state index is 13.4. The number of hydrogen-bond acceptors (Lipinski definition) is 3. The molecule has 1 amide bonds. The number of nitrogens with two attached hydrogens (primary N) is 1. The van der Waals surface area contributed by atoms with Crippen molar-refractivity contribution in [2.45, 2.75) is 0 Å². The fourth-order valence-corrected chi connectivity index (χ4v) is 1.52. The van der Waals surface area contributed by atoms with Gasteiger partial charge < -0.3 is 16.2 Å². The van der Waals surface area contributed by atoms with E-state index >= 15 is 0 Å². The van der Waals surface area contributed by atoms with Gasteiger partial charge in [-0.3, -0.25) is 4.79 Å². The van der Waals surface area contributed by atoms with Crippen molar-refractivity contribution < 1.29 is 18.7 Å². The molecule has 2 aromatic rings. The number of aromatic hydroxyl groups is 1. The Labute approximate surface area is 107 Å². The van der Waals surface area contributed by atoms with Crippen LogP contribution in [-0.4, -0.2) is 11.0 Å². The van der Waals surface area contributed by atoms with Gasteiger partial charge in [-0.2, -0.15) is 0 Å². The first kappa shape index (κ1) is 12.8. The van der Waals surface area contributed by atoms with Crippen LogP contribution in [0.2, 0.25) is 0 Å². The molecule has 4 nitrogen and oxygen atoms in total. The predicted octanol–water partition coefficient (Wildman–Crippen LogP) is 2.50. The molecular formula is C13H10F2N2O2. The first-order valence-corrected chi connectivity index (χ1v) is 5.33. The van der Waals surface area contributed by atoms with Crippen molar-refractivity contribution in [2.75, 3.05) is 11.1 Å². The largest absolute Gasteiger partial charge is 0.507 e. The number of amides is 1. The molecule has 4 N–H and O–H groups in total. The van der Waals surface area contributed by atoms with E-state index in [4.69, 9.17) is 5.73 Å². The van der Waals surface area contributed by atoms with E-state index in [1.165, 1.54) is 12.1 Å². The van der Waals surface area contributed by atoms with Crippen LogP contribution in [-0.2, 0) is 0 Å². The summed E-state index contributed by atoms with van der Waals surface area (Å²) in [4.78, 5) is 11.8. The van der Waals surface area contributed by atoms with Gasteiger partial charge in [0.2, 0.25) is 0 Å². The molecule has 0 radical (unpaired) electrons. The summed E-state index contributed by atoms with van der Waals surface area (Å²) in [6.07, 6.45) is 0. The normalized spacial score (nSPS) is 10.2. The second-order valence-electron chi connectivity index (χ2n) is 3.82. The van der Waals surface area contributed by atoms with Crippen LogP contribution in [0.25, 0.3) is 0 Å². The number of carbonyl (C=O) groups excluding carboxylic acids is 1. The second-order valence-corrected chi connectivity index (χ2v) is 3.82. The van der Waals surface area contributed by atoms with Gasteiger partial charge in [-0.25, -0.2) is 8.78 Å². The maximum Gasteiger partial charge on any atom is 0.259 e. The number of rotatable bonds is 2. The number of phenolic OH excluding ortho intramolecular Hbond substituents is 1. The van der Waals surface area contributed by atoms with Crippen LogP contribution in [0, 0.1) is 11.6 Å². The number of nitrogen functional groups attached to an aromatic ring is 1. The summed E-state index contributed by atoms with van der Waals surface area (Å²) >= 11 is 0. The molecule has 0 aliphatic rings. The Morgan fingerprint density at radius 2 is 1.84 bits per heavy atom. The van der Waals surface area contributed by atoms with Crippen LogP contribution in [0.3, 0.4) is 0 Å². The van der Waals surface area contributed by atoms with E-state index in [9.17, 15) is 18.7 Å². The highest BCUT2D eigenvalue weighted by molar-refractivity contribution is 6.06. The molecule has 0 spiro atoms. The molecule has 0 saturated heterocycles. The lowest BCUT2D eigenvalue weighted by atomic mass is 10.2. The Hall–Kier alpha value is -2.63. The van der Waals surface area contributed by atoms with Crippen LogP contribution < -0.4 is 11.1 Å². The highest BCUT2D eigenvalue weighted by Crippen LogP contribution is 2.23. The molecule has 2 aromatic carbocycles. The molecule has 0 saturated carbocycles. The summed E-state index contributed by atoms with van der Waals surface area (Å²) in [5.41, 5.74) is 4.73. The summed E-state index contributed by atoms with van der Waals surface area (Å²) in [6.45, 7) is 0. The number of anilines is 2. The van der Waals surface area contributed by atoms with Crippen LogP contribution >= 0.6 is 0 Å². The van der Waals surface area contributed by atoms with Gasteiger partial charge in [0.1, 0.15) is 17.4 Å². The zero-order chi connectivity index (χ0) is 14.0. The molecule has 0 fully saturated rings. The number of phenols is 1. The van der Waals surface area contributed by atoms with Crippen molar-refractivity contribution >= 4 is 17.3 Å². The van der Waals surface area contributed by atoms with Gasteiger partial charge >= 0.3 is 0 Å². The van der Waals surface area contributed by atoms with E-state index in [0.29, 0.717) is 6.07 Å². The number of carbonyl (C=O) groups is 1. The number of benzene rings is 2. The molecule has 0 unspecified atom stereocenters. The van der Waals surface area contributed by atoms with Crippen LogP contribution in [0.1, 0.15) is 10.4 Å². The minimum atomic E-state index is -0.949. The molecule has 0 aromatic heterocycles. The molecule has 98 valence electrons. The van der Waals surface area contributed by atoms with E-state index in [2.05, 4.69) is 5.32 Å². The Balaban J connectivity index is 2.30. The third-order valence-electron chi connectivity index (χ3n) is 2.48. The first-order chi connectivity index (χ1) is 8.99. The smallest absolute Gasteiger partial charge is 0.259 e. The van der Waals surface area contributed by atoms with Gasteiger partial charge in [0.25, 0.3) is 5.91 Å². The van der Waals surface area contributed by atoms with Crippen molar-refractivity contribution in [3.05, 3.63) is 53.6 Å². The van der Waals surface area contributed by atoms with Crippen molar-refractivity contribution in [3.63, 3.8) is 0 Å². The summed E-state index contributed by atoms with van der Waals surface area (Å²) in [5.74, 6) is -2.81. The third kappa shape index (κ3) is 2.62. The number of nitrogens with one attached hydrogen (secondary N) is 1. The Kier molecular flexibility index (Phi) is 3.33. The standard InChI is InChI=1S/C13H10F2N2O2/c14-8-5-9(15)11(6-10(8)16)17-13(19)7-3-1-2-4-12(7)18/h1-6,18H,16H2,(H,17,19). The molecule has 0 bridgehead atoms. The van der Waals surface area contributed by atoms with Crippen molar-refractivity contribution in [2.24, 2.45) is 0 Å². The Morgan fingerprint density at radius 3 is 2.53 bits per heavy atom. The Bertz CT molecular complexity index is 645. The second kappa shape index (κ2) is 4.93. The minimum Gasteiger partial charge on any atom is -0.507 e. The molecular weight excluding hydrogens is 254 g/mol. The van der Waals surface area contributed by atoms with Gasteiger partial charge in [-0.05, 0) is 18.2 Å². The average Bonchev–Trinajstić information content (AvgIpc) is 2.36. The first-order valence-electron chi connectivity index (χ1n) is 5.33. The van der Waals surface area contributed by atoms with Gasteiger partial charge in [-0.1, -0.05) is 12.1 Å². The molecule has 0 aliphatic carbocycles. The third-order valence-corrected chi connectivity index (χ3v) is 2.48. The van der Waals surface area contributed by atoms with E-state index in [1.807, 2.05) is 0 Å². The fraction of sp³-hybridized carbons (Fsp3) is 0. The predicted molar refractivity (Wildman–Crippen MR) is 66.8 cm³/mol. The molecule has 19 heavy (non-hydrogen) atoms. The van der Waals surface area contributed by atoms with Crippen LogP contribution in [0.15, 0.2) is 36.4 Å². The highest BCUT2D eigenvalue weighted by Gasteiger charge is 2.14. The van der Waals surface area contributed by atoms with Crippen molar-refractivity contribution in [1.29, 1.82) is 0 Å². The maximum absolute atomic E-state index is 13.4. The van der Waals surface area contributed by atoms with Gasteiger partial charge in [0, 0.05) is 6.07 Å². The number of para-hydroxylation sites is 1. The van der Waals surface area contributed by atoms with E-state index in [1.54, 1.807) is 12.1 Å². The SMILES string of the molecule is Nc1cc(NC(=O)c2ccccc2O)c(F)cc1F. The zero-order valence-corrected chi connectivity index (χ0v) is 9.65. The lowest BCUT2D eigenvalue weighted by Crippen LogP contribution is -2.13. The van der Waals surface area contributed by atoms with Gasteiger partial charge in [0.05, 0.1) is 16.9 Å². The topological polar surface area (TPSA) is 75.3 Å². The van der Waals surface area contributed by atoms with E-state index in [-0.39, 0.29) is 22.7 Å². The monoisotopic (exact) mass is 264 g/mol. The van der Waals surface area contributed by atoms with Gasteiger partial charge in [-0.15, -0.1) is 0 Å². The molecule has 0 atom stereocenters. The molecule has 0 heterocycles.